The summed E-state index contributed by atoms with van der Waals surface area (Å²) >= 11 is 18.2. The van der Waals surface area contributed by atoms with Crippen molar-refractivity contribution in [3.05, 3.63) is 86.7 Å². The van der Waals surface area contributed by atoms with Gasteiger partial charge in [0, 0.05) is 43.4 Å². The molecule has 5 nitrogen and oxygen atoms in total. The van der Waals surface area contributed by atoms with E-state index in [4.69, 9.17) is 39.5 Å². The molecule has 4 rings (SSSR count). The first-order valence-corrected chi connectivity index (χ1v) is 11.7. The van der Waals surface area contributed by atoms with Crippen molar-refractivity contribution < 1.29 is 22.7 Å². The van der Waals surface area contributed by atoms with Gasteiger partial charge in [0.25, 0.3) is 5.91 Å². The van der Waals surface area contributed by atoms with E-state index in [0.29, 0.717) is 28.7 Å². The molecule has 0 radical (unpaired) electrons. The highest BCUT2D eigenvalue weighted by Gasteiger charge is 2.41. The zero-order valence-corrected chi connectivity index (χ0v) is 20.5. The van der Waals surface area contributed by atoms with Crippen molar-refractivity contribution >= 4 is 40.7 Å². The first kappa shape index (κ1) is 25.5. The third-order valence-corrected chi connectivity index (χ3v) is 6.93. The quantitative estimate of drug-likeness (QED) is 0.332. The summed E-state index contributed by atoms with van der Waals surface area (Å²) in [7, 11) is 0. The highest BCUT2D eigenvalue weighted by atomic mass is 35.5. The molecule has 0 saturated carbocycles. The Balaban J connectivity index is 1.58. The van der Waals surface area contributed by atoms with Crippen LogP contribution >= 0.6 is 34.8 Å². The fourth-order valence-corrected chi connectivity index (χ4v) is 4.56. The van der Waals surface area contributed by atoms with E-state index >= 15 is 0 Å². The van der Waals surface area contributed by atoms with Crippen LogP contribution in [0, 0.1) is 5.92 Å². The summed E-state index contributed by atoms with van der Waals surface area (Å²) in [6.07, 6.45) is -2.83. The Labute approximate surface area is 214 Å². The van der Waals surface area contributed by atoms with Crippen LogP contribution in [0.1, 0.15) is 34.3 Å². The van der Waals surface area contributed by atoms with Gasteiger partial charge in [0.15, 0.2) is 0 Å². The molecule has 35 heavy (non-hydrogen) atoms. The van der Waals surface area contributed by atoms with Gasteiger partial charge in [-0.3, -0.25) is 4.79 Å². The fourth-order valence-electron chi connectivity index (χ4n) is 4.15. The number of hydrogen-bond acceptors (Lipinski definition) is 4. The molecule has 0 N–H and O–H groups in total. The lowest BCUT2D eigenvalue weighted by atomic mass is 9.86. The minimum atomic E-state index is -4.49. The van der Waals surface area contributed by atoms with Crippen LogP contribution in [0.15, 0.2) is 54.9 Å². The number of pyridine rings is 2. The van der Waals surface area contributed by atoms with E-state index in [2.05, 4.69) is 9.97 Å². The number of carbonyl (C=O) groups is 1. The molecule has 0 bridgehead atoms. The zero-order valence-electron chi connectivity index (χ0n) is 18.3. The summed E-state index contributed by atoms with van der Waals surface area (Å²) in [6.45, 7) is 2.51. The number of rotatable bonds is 5. The lowest BCUT2D eigenvalue weighted by Gasteiger charge is -2.25. The second-order valence-corrected chi connectivity index (χ2v) is 9.43. The number of benzene rings is 1. The highest BCUT2D eigenvalue weighted by Crippen LogP contribution is 2.39. The number of halogens is 6. The summed E-state index contributed by atoms with van der Waals surface area (Å²) in [5.74, 6) is -0.536. The van der Waals surface area contributed by atoms with Crippen molar-refractivity contribution in [3.8, 4) is 5.88 Å². The van der Waals surface area contributed by atoms with Crippen LogP contribution < -0.4 is 4.74 Å². The summed E-state index contributed by atoms with van der Waals surface area (Å²) in [5.41, 5.74) is 0.395. The van der Waals surface area contributed by atoms with Gasteiger partial charge in [-0.25, -0.2) is 9.97 Å². The second-order valence-electron chi connectivity index (χ2n) is 8.23. The third kappa shape index (κ3) is 5.82. The average molecular weight is 545 g/mol. The average Bonchev–Trinajstić information content (AvgIpc) is 3.26. The van der Waals surface area contributed by atoms with Crippen LogP contribution in [0.25, 0.3) is 0 Å². The summed E-state index contributed by atoms with van der Waals surface area (Å²) < 4.78 is 44.5. The van der Waals surface area contributed by atoms with Crippen molar-refractivity contribution in [1.82, 2.24) is 14.9 Å². The van der Waals surface area contributed by atoms with Crippen LogP contribution in [0.2, 0.25) is 15.2 Å². The number of amides is 1. The van der Waals surface area contributed by atoms with Gasteiger partial charge < -0.3 is 9.64 Å². The Kier molecular flexibility index (Phi) is 7.45. The molecule has 1 aromatic carbocycles. The Morgan fingerprint density at radius 2 is 1.80 bits per heavy atom. The minimum absolute atomic E-state index is 0.0602. The number of hydrogen-bond donors (Lipinski definition) is 0. The van der Waals surface area contributed by atoms with E-state index in [0.717, 1.165) is 17.8 Å². The summed E-state index contributed by atoms with van der Waals surface area (Å²) in [5, 5.41) is 1.07. The SMILES string of the molecule is CC(Oc1ccc(C(F)(F)F)cn1)C1CN(C(=O)c2ccc(Cl)nc2)CC1c1ccc(Cl)c(Cl)c1. The van der Waals surface area contributed by atoms with Gasteiger partial charge in [-0.05, 0) is 42.8 Å². The predicted molar refractivity (Wildman–Crippen MR) is 127 cm³/mol. The van der Waals surface area contributed by atoms with Crippen molar-refractivity contribution in [2.24, 2.45) is 5.92 Å². The number of aromatic nitrogens is 2. The van der Waals surface area contributed by atoms with E-state index < -0.39 is 17.8 Å². The monoisotopic (exact) mass is 543 g/mol. The lowest BCUT2D eigenvalue weighted by molar-refractivity contribution is -0.137. The van der Waals surface area contributed by atoms with E-state index in [1.807, 2.05) is 6.07 Å². The van der Waals surface area contributed by atoms with Crippen LogP contribution in [0.5, 0.6) is 5.88 Å². The van der Waals surface area contributed by atoms with Gasteiger partial charge in [-0.1, -0.05) is 40.9 Å². The molecule has 3 unspecified atom stereocenters. The predicted octanol–water partition coefficient (Wildman–Crippen LogP) is 6.78. The van der Waals surface area contributed by atoms with Crippen molar-refractivity contribution in [1.29, 1.82) is 0 Å². The van der Waals surface area contributed by atoms with E-state index in [-0.39, 0.29) is 28.8 Å². The van der Waals surface area contributed by atoms with Gasteiger partial charge in [0.2, 0.25) is 5.88 Å². The molecular weight excluding hydrogens is 526 g/mol. The largest absolute Gasteiger partial charge is 0.474 e. The van der Waals surface area contributed by atoms with Gasteiger partial charge in [0.1, 0.15) is 11.3 Å². The molecule has 0 spiro atoms. The zero-order chi connectivity index (χ0) is 25.3. The number of carbonyl (C=O) groups excluding carboxylic acids is 1. The maximum absolute atomic E-state index is 13.2. The number of nitrogens with zero attached hydrogens (tertiary/aromatic N) is 3. The standard InChI is InChI=1S/C24H19Cl3F3N3O2/c1-13(35-22-7-4-16(10-32-22)24(28,29)30)17-11-33(23(34)15-3-6-21(27)31-9-15)12-18(17)14-2-5-19(25)20(26)8-14/h2-10,13,17-18H,11-12H2,1H3. The number of ether oxygens (including phenoxy) is 1. The number of alkyl halides is 3. The van der Waals surface area contributed by atoms with Crippen LogP contribution in [-0.2, 0) is 6.18 Å². The Hall–Kier alpha value is -2.55. The normalized spacial score (nSPS) is 19.0. The van der Waals surface area contributed by atoms with Gasteiger partial charge in [-0.2, -0.15) is 13.2 Å². The molecule has 0 aliphatic carbocycles. The highest BCUT2D eigenvalue weighted by molar-refractivity contribution is 6.42. The van der Waals surface area contributed by atoms with Crippen LogP contribution in [-0.4, -0.2) is 40.0 Å². The topological polar surface area (TPSA) is 55.3 Å². The number of likely N-dealkylation sites (tertiary alicyclic amines) is 1. The van der Waals surface area contributed by atoms with Crippen molar-refractivity contribution in [3.63, 3.8) is 0 Å². The Bertz CT molecular complexity index is 1210. The molecule has 1 aliphatic rings. The molecule has 1 amide bonds. The van der Waals surface area contributed by atoms with Crippen molar-refractivity contribution in [2.45, 2.75) is 25.1 Å². The molecule has 1 aliphatic heterocycles. The van der Waals surface area contributed by atoms with E-state index in [9.17, 15) is 18.0 Å². The van der Waals surface area contributed by atoms with Crippen LogP contribution in [0.4, 0.5) is 13.2 Å². The van der Waals surface area contributed by atoms with Gasteiger partial charge in [-0.15, -0.1) is 0 Å². The molecule has 3 atom stereocenters. The molecule has 2 aromatic heterocycles. The molecular formula is C24H19Cl3F3N3O2. The van der Waals surface area contributed by atoms with Crippen molar-refractivity contribution in [2.75, 3.05) is 13.1 Å². The second kappa shape index (κ2) is 10.2. The smallest absolute Gasteiger partial charge is 0.417 e. The van der Waals surface area contributed by atoms with E-state index in [1.54, 1.807) is 36.1 Å². The van der Waals surface area contributed by atoms with Gasteiger partial charge in [0.05, 0.1) is 21.2 Å². The summed E-state index contributed by atoms with van der Waals surface area (Å²) in [6, 6.07) is 10.5. The molecule has 1 fully saturated rings. The Morgan fingerprint density at radius 1 is 1.03 bits per heavy atom. The van der Waals surface area contributed by atoms with Crippen LogP contribution in [0.3, 0.4) is 0 Å². The van der Waals surface area contributed by atoms with Gasteiger partial charge >= 0.3 is 6.18 Å². The first-order chi connectivity index (χ1) is 16.5. The first-order valence-electron chi connectivity index (χ1n) is 10.6. The maximum Gasteiger partial charge on any atom is 0.417 e. The lowest BCUT2D eigenvalue weighted by Crippen LogP contribution is -2.32. The Morgan fingerprint density at radius 3 is 2.40 bits per heavy atom. The molecule has 1 saturated heterocycles. The summed E-state index contributed by atoms with van der Waals surface area (Å²) in [4.78, 5) is 22.6. The van der Waals surface area contributed by atoms with E-state index in [1.165, 1.54) is 12.3 Å². The minimum Gasteiger partial charge on any atom is -0.474 e. The maximum atomic E-state index is 13.2. The third-order valence-electron chi connectivity index (χ3n) is 5.97. The molecule has 184 valence electrons. The molecule has 3 heterocycles. The fraction of sp³-hybridized carbons (Fsp3) is 0.292. The molecule has 11 heteroatoms. The molecule has 3 aromatic rings.